The average molecular weight is 390 g/mol. The van der Waals surface area contributed by atoms with E-state index in [1.165, 1.54) is 0 Å². The van der Waals surface area contributed by atoms with E-state index in [-0.39, 0.29) is 12.5 Å². The second kappa shape index (κ2) is 7.03. The van der Waals surface area contributed by atoms with Crippen LogP contribution in [0.25, 0.3) is 0 Å². The molecular weight excluding hydrogens is 371 g/mol. The van der Waals surface area contributed by atoms with Gasteiger partial charge >= 0.3 is 5.97 Å². The number of rotatable bonds is 4. The highest BCUT2D eigenvalue weighted by Crippen LogP contribution is 2.09. The van der Waals surface area contributed by atoms with Gasteiger partial charge in [-0.1, -0.05) is 6.07 Å². The molecule has 3 N–H and O–H groups in total. The molecule has 1 aromatic carbocycles. The van der Waals surface area contributed by atoms with Gasteiger partial charge in [-0.15, -0.1) is 0 Å². The van der Waals surface area contributed by atoms with Gasteiger partial charge in [0.25, 0.3) is 5.91 Å². The fraction of sp³-hybridized carbons (Fsp3) is 0.429. The number of ether oxygens (including phenoxy) is 1. The Bertz CT molecular complexity index is 497. The van der Waals surface area contributed by atoms with E-state index in [0.717, 1.165) is 3.57 Å². The third kappa shape index (κ3) is 5.87. The Morgan fingerprint density at radius 2 is 2.05 bits per heavy atom. The molecule has 0 heterocycles. The summed E-state index contributed by atoms with van der Waals surface area (Å²) >= 11 is 2.13. The van der Waals surface area contributed by atoms with Crippen LogP contribution >= 0.6 is 22.6 Å². The minimum Gasteiger partial charge on any atom is -0.459 e. The van der Waals surface area contributed by atoms with Gasteiger partial charge in [0.05, 0.1) is 0 Å². The zero-order valence-corrected chi connectivity index (χ0v) is 13.9. The number of benzene rings is 1. The molecule has 110 valence electrons. The Morgan fingerprint density at radius 1 is 1.40 bits per heavy atom. The van der Waals surface area contributed by atoms with Crippen LogP contribution in [0, 0.1) is 3.57 Å². The first-order valence-electron chi connectivity index (χ1n) is 6.21. The van der Waals surface area contributed by atoms with E-state index in [0.29, 0.717) is 5.56 Å². The number of hydrogen-bond donors (Lipinski definition) is 2. The molecule has 0 radical (unpaired) electrons. The molecule has 1 atom stereocenters. The van der Waals surface area contributed by atoms with E-state index in [1.807, 2.05) is 6.07 Å². The summed E-state index contributed by atoms with van der Waals surface area (Å²) in [6.07, 6.45) is 0. The van der Waals surface area contributed by atoms with Crippen molar-refractivity contribution in [3.05, 3.63) is 33.4 Å². The van der Waals surface area contributed by atoms with Gasteiger partial charge in [-0.2, -0.15) is 0 Å². The van der Waals surface area contributed by atoms with Crippen molar-refractivity contribution in [3.63, 3.8) is 0 Å². The van der Waals surface area contributed by atoms with Crippen molar-refractivity contribution in [2.24, 2.45) is 5.73 Å². The molecule has 1 unspecified atom stereocenters. The summed E-state index contributed by atoms with van der Waals surface area (Å²) in [6.45, 7) is 5.34. The molecule has 1 rings (SSSR count). The highest BCUT2D eigenvalue weighted by Gasteiger charge is 2.22. The second-order valence-electron chi connectivity index (χ2n) is 5.36. The van der Waals surface area contributed by atoms with Gasteiger partial charge in [-0.3, -0.25) is 9.59 Å². The van der Waals surface area contributed by atoms with Crippen LogP contribution in [0.5, 0.6) is 0 Å². The first kappa shape index (κ1) is 16.9. The highest BCUT2D eigenvalue weighted by molar-refractivity contribution is 14.1. The third-order valence-corrected chi connectivity index (χ3v) is 2.95. The van der Waals surface area contributed by atoms with Gasteiger partial charge in [0.15, 0.2) is 0 Å². The molecule has 0 fully saturated rings. The van der Waals surface area contributed by atoms with Crippen molar-refractivity contribution < 1.29 is 14.3 Å². The lowest BCUT2D eigenvalue weighted by Crippen LogP contribution is -2.45. The molecule has 0 saturated carbocycles. The summed E-state index contributed by atoms with van der Waals surface area (Å²) in [5.74, 6) is -0.789. The van der Waals surface area contributed by atoms with E-state index >= 15 is 0 Å². The monoisotopic (exact) mass is 390 g/mol. The van der Waals surface area contributed by atoms with Crippen molar-refractivity contribution >= 4 is 34.5 Å². The van der Waals surface area contributed by atoms with Crippen molar-refractivity contribution in [3.8, 4) is 0 Å². The van der Waals surface area contributed by atoms with Crippen LogP contribution in [0.15, 0.2) is 24.3 Å². The van der Waals surface area contributed by atoms with Crippen LogP contribution in [0.1, 0.15) is 31.1 Å². The Morgan fingerprint density at radius 3 is 2.60 bits per heavy atom. The molecular formula is C14H19IN2O3. The molecule has 20 heavy (non-hydrogen) atoms. The molecule has 1 amide bonds. The van der Waals surface area contributed by atoms with Crippen LogP contribution in [0.3, 0.4) is 0 Å². The zero-order valence-electron chi connectivity index (χ0n) is 11.8. The Balaban J connectivity index is 2.50. The number of hydrogen-bond acceptors (Lipinski definition) is 4. The van der Waals surface area contributed by atoms with E-state index in [1.54, 1.807) is 39.0 Å². The first-order valence-corrected chi connectivity index (χ1v) is 7.29. The molecule has 6 heteroatoms. The molecule has 0 aliphatic heterocycles. The van der Waals surface area contributed by atoms with Gasteiger partial charge < -0.3 is 15.8 Å². The van der Waals surface area contributed by atoms with E-state index in [4.69, 9.17) is 10.5 Å². The molecule has 1 aromatic rings. The van der Waals surface area contributed by atoms with Gasteiger partial charge in [0.1, 0.15) is 11.6 Å². The van der Waals surface area contributed by atoms with Gasteiger partial charge in [-0.05, 0) is 61.6 Å². The summed E-state index contributed by atoms with van der Waals surface area (Å²) in [4.78, 5) is 23.5. The Labute approximate surface area is 132 Å². The normalized spacial score (nSPS) is 12.7. The number of carbonyl (C=O) groups excluding carboxylic acids is 2. The topological polar surface area (TPSA) is 81.4 Å². The summed E-state index contributed by atoms with van der Waals surface area (Å²) in [7, 11) is 0. The summed E-state index contributed by atoms with van der Waals surface area (Å²) in [5, 5.41) is 2.62. The maximum atomic E-state index is 11.9. The number of amides is 1. The fourth-order valence-corrected chi connectivity index (χ4v) is 1.94. The predicted octanol–water partition coefficient (Wildman–Crippen LogP) is 1.69. The van der Waals surface area contributed by atoms with Crippen LogP contribution in [0.4, 0.5) is 0 Å². The highest BCUT2D eigenvalue weighted by atomic mass is 127. The predicted molar refractivity (Wildman–Crippen MR) is 85.3 cm³/mol. The fourth-order valence-electron chi connectivity index (χ4n) is 1.40. The van der Waals surface area contributed by atoms with E-state index < -0.39 is 17.6 Å². The van der Waals surface area contributed by atoms with E-state index in [2.05, 4.69) is 27.9 Å². The number of nitrogens with one attached hydrogen (secondary N) is 1. The summed E-state index contributed by atoms with van der Waals surface area (Å²) < 4.78 is 6.10. The second-order valence-corrected chi connectivity index (χ2v) is 6.61. The minimum atomic E-state index is -0.874. The van der Waals surface area contributed by atoms with Crippen molar-refractivity contribution in [1.29, 1.82) is 0 Å². The zero-order chi connectivity index (χ0) is 15.3. The average Bonchev–Trinajstić information content (AvgIpc) is 2.33. The molecule has 0 bridgehead atoms. The van der Waals surface area contributed by atoms with Gasteiger partial charge in [-0.25, -0.2) is 0 Å². The number of esters is 1. The molecule has 5 nitrogen and oxygen atoms in total. The maximum absolute atomic E-state index is 11.9. The summed E-state index contributed by atoms with van der Waals surface area (Å²) in [5.41, 5.74) is 5.64. The minimum absolute atomic E-state index is 0.0409. The van der Waals surface area contributed by atoms with Crippen LogP contribution in [-0.2, 0) is 9.53 Å². The van der Waals surface area contributed by atoms with Crippen molar-refractivity contribution in [1.82, 2.24) is 5.32 Å². The molecule has 0 spiro atoms. The van der Waals surface area contributed by atoms with Crippen molar-refractivity contribution in [2.75, 3.05) is 6.54 Å². The van der Waals surface area contributed by atoms with Gasteiger partial charge in [0, 0.05) is 15.7 Å². The smallest absolute Gasteiger partial charge is 0.325 e. The van der Waals surface area contributed by atoms with Crippen LogP contribution in [-0.4, -0.2) is 30.1 Å². The molecule has 0 aromatic heterocycles. The largest absolute Gasteiger partial charge is 0.459 e. The Hall–Kier alpha value is -1.15. The number of carbonyl (C=O) groups is 2. The standard InChI is InChI=1S/C14H19IN2O3/c1-14(2,3)20-13(19)11(16)8-17-12(18)9-5-4-6-10(15)7-9/h4-7,11H,8,16H2,1-3H3,(H,17,18). The lowest BCUT2D eigenvalue weighted by molar-refractivity contribution is -0.156. The number of nitrogens with two attached hydrogens (primary N) is 1. The molecule has 0 aliphatic carbocycles. The maximum Gasteiger partial charge on any atom is 0.325 e. The third-order valence-electron chi connectivity index (χ3n) is 2.28. The lowest BCUT2D eigenvalue weighted by atomic mass is 10.2. The van der Waals surface area contributed by atoms with Gasteiger partial charge in [0.2, 0.25) is 0 Å². The number of halogens is 1. The van der Waals surface area contributed by atoms with Crippen LogP contribution < -0.4 is 11.1 Å². The Kier molecular flexibility index (Phi) is 5.94. The first-order chi connectivity index (χ1) is 9.19. The molecule has 0 saturated heterocycles. The quantitative estimate of drug-likeness (QED) is 0.606. The molecule has 0 aliphatic rings. The SMILES string of the molecule is CC(C)(C)OC(=O)C(N)CNC(=O)c1cccc(I)c1. The lowest BCUT2D eigenvalue weighted by Gasteiger charge is -2.22. The van der Waals surface area contributed by atoms with E-state index in [9.17, 15) is 9.59 Å². The van der Waals surface area contributed by atoms with Crippen molar-refractivity contribution in [2.45, 2.75) is 32.4 Å². The van der Waals surface area contributed by atoms with Crippen LogP contribution in [0.2, 0.25) is 0 Å². The summed E-state index contributed by atoms with van der Waals surface area (Å²) in [6, 6.07) is 6.28.